The zero-order valence-corrected chi connectivity index (χ0v) is 14.2. The van der Waals surface area contributed by atoms with Crippen LogP contribution in [0.2, 0.25) is 0 Å². The van der Waals surface area contributed by atoms with Crippen LogP contribution in [0.3, 0.4) is 0 Å². The standard InChI is InChI=1S/C17H22N4OS/c1-3-6-12-7-4-9-14(15(18)22)17(12,2)21-16(23)20-13-8-5-10-19-11-13/h4-5,7-11,14H,3,6H2,1-2H3,(H2,18,22)(H2,20,21,23). The second-order valence-corrected chi connectivity index (χ2v) is 6.14. The Morgan fingerprint density at radius 2 is 2.30 bits per heavy atom. The molecule has 0 saturated heterocycles. The number of rotatable bonds is 5. The van der Waals surface area contributed by atoms with Gasteiger partial charge in [-0.1, -0.05) is 31.6 Å². The maximum atomic E-state index is 11.9. The molecule has 6 heteroatoms. The van der Waals surface area contributed by atoms with Gasteiger partial charge < -0.3 is 16.4 Å². The lowest BCUT2D eigenvalue weighted by Gasteiger charge is -2.40. The number of anilines is 1. The highest BCUT2D eigenvalue weighted by Crippen LogP contribution is 2.33. The summed E-state index contributed by atoms with van der Waals surface area (Å²) < 4.78 is 0. The maximum Gasteiger partial charge on any atom is 0.227 e. The Morgan fingerprint density at radius 1 is 1.52 bits per heavy atom. The van der Waals surface area contributed by atoms with E-state index in [4.69, 9.17) is 18.0 Å². The molecule has 122 valence electrons. The first-order chi connectivity index (χ1) is 11.0. The molecular formula is C17H22N4OS. The normalized spacial score (nSPS) is 23.0. The summed E-state index contributed by atoms with van der Waals surface area (Å²) in [5.74, 6) is -0.829. The van der Waals surface area contributed by atoms with Crippen LogP contribution in [0.4, 0.5) is 5.69 Å². The van der Waals surface area contributed by atoms with E-state index < -0.39 is 11.5 Å². The molecule has 0 spiro atoms. The number of hydrogen-bond donors (Lipinski definition) is 3. The van der Waals surface area contributed by atoms with E-state index in [1.54, 1.807) is 12.4 Å². The van der Waals surface area contributed by atoms with E-state index in [2.05, 4.69) is 22.5 Å². The molecule has 5 nitrogen and oxygen atoms in total. The molecular weight excluding hydrogens is 308 g/mol. The number of primary amides is 1. The van der Waals surface area contributed by atoms with Crippen molar-refractivity contribution < 1.29 is 4.79 Å². The molecule has 0 aromatic carbocycles. The number of nitrogens with zero attached hydrogens (tertiary/aromatic N) is 1. The van der Waals surface area contributed by atoms with Gasteiger partial charge in [-0.15, -0.1) is 0 Å². The lowest BCUT2D eigenvalue weighted by atomic mass is 9.74. The van der Waals surface area contributed by atoms with Crippen LogP contribution in [0.1, 0.15) is 26.7 Å². The summed E-state index contributed by atoms with van der Waals surface area (Å²) in [4.78, 5) is 15.9. The quantitative estimate of drug-likeness (QED) is 0.723. The fraction of sp³-hybridized carbons (Fsp3) is 0.353. The maximum absolute atomic E-state index is 11.9. The molecule has 23 heavy (non-hydrogen) atoms. The van der Waals surface area contributed by atoms with Crippen molar-refractivity contribution in [2.24, 2.45) is 11.7 Å². The second-order valence-electron chi connectivity index (χ2n) is 5.73. The number of nitrogens with two attached hydrogens (primary N) is 1. The number of thiocarbonyl (C=S) groups is 1. The minimum atomic E-state index is -0.636. The Bertz CT molecular complexity index is 641. The molecule has 2 atom stereocenters. The number of aromatic nitrogens is 1. The number of carbonyl (C=O) groups excluding carboxylic acids is 1. The van der Waals surface area contributed by atoms with Gasteiger partial charge in [0, 0.05) is 6.20 Å². The fourth-order valence-electron chi connectivity index (χ4n) is 2.83. The molecule has 2 unspecified atom stereocenters. The van der Waals surface area contributed by atoms with Gasteiger partial charge in [0.25, 0.3) is 0 Å². The van der Waals surface area contributed by atoms with Crippen molar-refractivity contribution in [2.75, 3.05) is 5.32 Å². The highest BCUT2D eigenvalue weighted by atomic mass is 32.1. The molecule has 0 radical (unpaired) electrons. The van der Waals surface area contributed by atoms with Crippen molar-refractivity contribution in [1.29, 1.82) is 0 Å². The monoisotopic (exact) mass is 330 g/mol. The number of carbonyl (C=O) groups is 1. The van der Waals surface area contributed by atoms with E-state index in [9.17, 15) is 4.79 Å². The largest absolute Gasteiger partial charge is 0.369 e. The Labute approximate surface area is 142 Å². The second kappa shape index (κ2) is 7.37. The summed E-state index contributed by atoms with van der Waals surface area (Å²) in [6.07, 6.45) is 11.0. The van der Waals surface area contributed by atoms with Crippen LogP contribution in [0.5, 0.6) is 0 Å². The summed E-state index contributed by atoms with van der Waals surface area (Å²) in [5.41, 5.74) is 6.86. The zero-order valence-electron chi connectivity index (χ0n) is 13.4. The van der Waals surface area contributed by atoms with Crippen molar-refractivity contribution in [2.45, 2.75) is 32.2 Å². The van der Waals surface area contributed by atoms with Gasteiger partial charge in [-0.2, -0.15) is 0 Å². The minimum Gasteiger partial charge on any atom is -0.369 e. The van der Waals surface area contributed by atoms with Crippen molar-refractivity contribution in [3.05, 3.63) is 48.3 Å². The highest BCUT2D eigenvalue weighted by Gasteiger charge is 2.41. The molecule has 4 N–H and O–H groups in total. The molecule has 0 aliphatic heterocycles. The average molecular weight is 330 g/mol. The van der Waals surface area contributed by atoms with E-state index in [1.807, 2.05) is 37.3 Å². The Hall–Kier alpha value is -2.21. The van der Waals surface area contributed by atoms with Gasteiger partial charge in [-0.25, -0.2) is 0 Å². The van der Waals surface area contributed by atoms with Gasteiger partial charge in [0.2, 0.25) is 5.91 Å². The van der Waals surface area contributed by atoms with Gasteiger partial charge in [0.1, 0.15) is 0 Å². The van der Waals surface area contributed by atoms with E-state index in [1.165, 1.54) is 0 Å². The molecule has 1 aromatic rings. The predicted octanol–water partition coefficient (Wildman–Crippen LogP) is 2.52. The third-order valence-electron chi connectivity index (χ3n) is 4.01. The van der Waals surface area contributed by atoms with Gasteiger partial charge in [0.05, 0.1) is 23.3 Å². The summed E-state index contributed by atoms with van der Waals surface area (Å²) >= 11 is 5.41. The first-order valence-electron chi connectivity index (χ1n) is 7.63. The Morgan fingerprint density at radius 3 is 2.91 bits per heavy atom. The molecule has 1 heterocycles. The SMILES string of the molecule is CCCC1=CC=CC(C(N)=O)C1(C)NC(=S)Nc1cccnc1. The van der Waals surface area contributed by atoms with Gasteiger partial charge >= 0.3 is 0 Å². The van der Waals surface area contributed by atoms with Crippen molar-refractivity contribution in [3.8, 4) is 0 Å². The third-order valence-corrected chi connectivity index (χ3v) is 4.21. The van der Waals surface area contributed by atoms with Crippen LogP contribution >= 0.6 is 12.2 Å². The summed E-state index contributed by atoms with van der Waals surface area (Å²) in [5, 5.41) is 6.81. The molecule has 0 bridgehead atoms. The number of pyridine rings is 1. The summed E-state index contributed by atoms with van der Waals surface area (Å²) in [6.45, 7) is 4.07. The van der Waals surface area contributed by atoms with E-state index in [0.29, 0.717) is 5.11 Å². The lowest BCUT2D eigenvalue weighted by Crippen LogP contribution is -2.57. The van der Waals surface area contributed by atoms with Crippen LogP contribution in [-0.4, -0.2) is 21.5 Å². The highest BCUT2D eigenvalue weighted by molar-refractivity contribution is 7.80. The van der Waals surface area contributed by atoms with Crippen LogP contribution in [0.25, 0.3) is 0 Å². The van der Waals surface area contributed by atoms with Crippen molar-refractivity contribution in [1.82, 2.24) is 10.3 Å². The zero-order chi connectivity index (χ0) is 16.9. The summed E-state index contributed by atoms with van der Waals surface area (Å²) in [6, 6.07) is 3.70. The van der Waals surface area contributed by atoms with Gasteiger partial charge in [-0.05, 0) is 43.3 Å². The van der Waals surface area contributed by atoms with Crippen LogP contribution in [-0.2, 0) is 4.79 Å². The minimum absolute atomic E-state index is 0.373. The molecule has 1 aromatic heterocycles. The Kier molecular flexibility index (Phi) is 5.50. The number of amides is 1. The molecule has 2 rings (SSSR count). The van der Waals surface area contributed by atoms with Gasteiger partial charge in [-0.3, -0.25) is 9.78 Å². The van der Waals surface area contributed by atoms with E-state index in [-0.39, 0.29) is 5.91 Å². The fourth-order valence-corrected chi connectivity index (χ4v) is 3.16. The molecule has 1 amide bonds. The molecule has 0 fully saturated rings. The molecule has 0 saturated carbocycles. The van der Waals surface area contributed by atoms with Crippen LogP contribution in [0, 0.1) is 5.92 Å². The van der Waals surface area contributed by atoms with E-state index in [0.717, 1.165) is 24.1 Å². The first-order valence-corrected chi connectivity index (χ1v) is 8.04. The molecule has 1 aliphatic carbocycles. The van der Waals surface area contributed by atoms with Crippen molar-refractivity contribution >= 4 is 28.9 Å². The number of allylic oxidation sites excluding steroid dienone is 2. The smallest absolute Gasteiger partial charge is 0.227 e. The predicted molar refractivity (Wildman–Crippen MR) is 96.8 cm³/mol. The lowest BCUT2D eigenvalue weighted by molar-refractivity contribution is -0.121. The first kappa shape index (κ1) is 17.1. The van der Waals surface area contributed by atoms with Gasteiger partial charge in [0.15, 0.2) is 5.11 Å². The third kappa shape index (κ3) is 3.96. The molecule has 1 aliphatic rings. The average Bonchev–Trinajstić information content (AvgIpc) is 2.50. The van der Waals surface area contributed by atoms with E-state index >= 15 is 0 Å². The Balaban J connectivity index is 2.20. The van der Waals surface area contributed by atoms with Crippen molar-refractivity contribution in [3.63, 3.8) is 0 Å². The topological polar surface area (TPSA) is 80.0 Å². The number of hydrogen-bond acceptors (Lipinski definition) is 3. The van der Waals surface area contributed by atoms with Crippen LogP contribution in [0.15, 0.2) is 48.3 Å². The van der Waals surface area contributed by atoms with Crippen LogP contribution < -0.4 is 16.4 Å². The number of nitrogens with one attached hydrogen (secondary N) is 2. The summed E-state index contributed by atoms with van der Waals surface area (Å²) in [7, 11) is 0.